The molecule has 0 unspecified atom stereocenters. The Balaban J connectivity index is 2.30. The number of hydroxylamine groups is 2. The van der Waals surface area contributed by atoms with Gasteiger partial charge < -0.3 is 9.74 Å². The van der Waals surface area contributed by atoms with Crippen molar-refractivity contribution in [2.45, 2.75) is 19.3 Å². The number of amides is 1. The molecular weight excluding hydrogens is 156 g/mol. The molecule has 4 nitrogen and oxygen atoms in total. The minimum Gasteiger partial charge on any atom is -0.351 e. The summed E-state index contributed by atoms with van der Waals surface area (Å²) in [4.78, 5) is 17.9. The molecule has 1 fully saturated rings. The summed E-state index contributed by atoms with van der Waals surface area (Å²) in [5.41, 5.74) is 0. The molecule has 0 aromatic heterocycles. The number of piperidine rings is 1. The van der Waals surface area contributed by atoms with Crippen molar-refractivity contribution in [2.75, 3.05) is 27.2 Å². The summed E-state index contributed by atoms with van der Waals surface area (Å²) in [6, 6.07) is 0. The Labute approximate surface area is 73.0 Å². The van der Waals surface area contributed by atoms with E-state index in [2.05, 4.69) is 0 Å². The first kappa shape index (κ1) is 9.32. The maximum absolute atomic E-state index is 11.3. The van der Waals surface area contributed by atoms with Crippen LogP contribution >= 0.6 is 0 Å². The van der Waals surface area contributed by atoms with E-state index in [0.717, 1.165) is 25.9 Å². The van der Waals surface area contributed by atoms with Gasteiger partial charge in [-0.05, 0) is 19.3 Å². The number of carbonyl (C=O) groups excluding carboxylic acids is 1. The van der Waals surface area contributed by atoms with Crippen molar-refractivity contribution in [2.24, 2.45) is 0 Å². The Morgan fingerprint density at radius 1 is 1.25 bits per heavy atom. The number of hydrogen-bond acceptors (Lipinski definition) is 3. The highest BCUT2D eigenvalue weighted by molar-refractivity contribution is 5.67. The molecule has 0 aromatic carbocycles. The fourth-order valence-corrected chi connectivity index (χ4v) is 1.29. The Kier molecular flexibility index (Phi) is 3.34. The molecule has 12 heavy (non-hydrogen) atoms. The average molecular weight is 172 g/mol. The molecule has 1 aliphatic rings. The molecule has 1 amide bonds. The molecule has 0 radical (unpaired) electrons. The van der Waals surface area contributed by atoms with Crippen LogP contribution in [0.2, 0.25) is 0 Å². The summed E-state index contributed by atoms with van der Waals surface area (Å²) in [6.07, 6.45) is 3.20. The van der Waals surface area contributed by atoms with Crippen LogP contribution in [0.15, 0.2) is 0 Å². The summed E-state index contributed by atoms with van der Waals surface area (Å²) in [5, 5.41) is 1.43. The molecule has 0 aromatic rings. The van der Waals surface area contributed by atoms with Crippen LogP contribution < -0.4 is 0 Å². The van der Waals surface area contributed by atoms with Crippen molar-refractivity contribution in [3.63, 3.8) is 0 Å². The van der Waals surface area contributed by atoms with E-state index < -0.39 is 0 Å². The first-order chi connectivity index (χ1) is 5.70. The van der Waals surface area contributed by atoms with Gasteiger partial charge in [0.25, 0.3) is 0 Å². The number of hydrogen-bond donors (Lipinski definition) is 0. The van der Waals surface area contributed by atoms with Gasteiger partial charge in [0.2, 0.25) is 0 Å². The predicted octanol–water partition coefficient (Wildman–Crippen LogP) is 1.09. The lowest BCUT2D eigenvalue weighted by Gasteiger charge is -2.26. The Morgan fingerprint density at radius 2 is 1.83 bits per heavy atom. The molecule has 1 aliphatic heterocycles. The second-order valence-electron chi connectivity index (χ2n) is 3.22. The van der Waals surface area contributed by atoms with Crippen molar-refractivity contribution in [1.82, 2.24) is 9.96 Å². The highest BCUT2D eigenvalue weighted by Gasteiger charge is 2.18. The lowest BCUT2D eigenvalue weighted by Crippen LogP contribution is -2.38. The second kappa shape index (κ2) is 4.30. The number of likely N-dealkylation sites (tertiary alicyclic amines) is 1. The van der Waals surface area contributed by atoms with Gasteiger partial charge in [-0.3, -0.25) is 0 Å². The molecule has 0 saturated carbocycles. The van der Waals surface area contributed by atoms with Crippen LogP contribution in [0.5, 0.6) is 0 Å². The molecule has 0 spiro atoms. The van der Waals surface area contributed by atoms with Crippen LogP contribution in [0.3, 0.4) is 0 Å². The monoisotopic (exact) mass is 172 g/mol. The van der Waals surface area contributed by atoms with Crippen molar-refractivity contribution >= 4 is 6.09 Å². The number of nitrogens with zero attached hydrogens (tertiary/aromatic N) is 2. The van der Waals surface area contributed by atoms with Crippen molar-refractivity contribution in [3.8, 4) is 0 Å². The minimum atomic E-state index is -0.222. The lowest BCUT2D eigenvalue weighted by molar-refractivity contribution is -0.0729. The Bertz CT molecular complexity index is 153. The molecule has 1 saturated heterocycles. The SMILES string of the molecule is CN(C)OC(=O)N1CCCCC1. The summed E-state index contributed by atoms with van der Waals surface area (Å²) in [5.74, 6) is 0. The van der Waals surface area contributed by atoms with Gasteiger partial charge in [0, 0.05) is 27.2 Å². The normalized spacial score (nSPS) is 18.1. The van der Waals surface area contributed by atoms with Gasteiger partial charge in [-0.15, -0.1) is 5.06 Å². The Hall–Kier alpha value is -0.770. The van der Waals surface area contributed by atoms with E-state index in [1.165, 1.54) is 11.5 Å². The number of carbonyl (C=O) groups is 1. The van der Waals surface area contributed by atoms with E-state index in [1.54, 1.807) is 19.0 Å². The van der Waals surface area contributed by atoms with Gasteiger partial charge >= 0.3 is 6.09 Å². The largest absolute Gasteiger partial charge is 0.428 e. The van der Waals surface area contributed by atoms with Crippen LogP contribution in [0.1, 0.15) is 19.3 Å². The van der Waals surface area contributed by atoms with Crippen LogP contribution in [-0.2, 0) is 4.84 Å². The maximum Gasteiger partial charge on any atom is 0.428 e. The van der Waals surface area contributed by atoms with Gasteiger partial charge in [0.1, 0.15) is 0 Å². The second-order valence-corrected chi connectivity index (χ2v) is 3.22. The van der Waals surface area contributed by atoms with Crippen LogP contribution in [0.4, 0.5) is 4.79 Å². The maximum atomic E-state index is 11.3. The zero-order chi connectivity index (χ0) is 8.97. The zero-order valence-corrected chi connectivity index (χ0v) is 7.75. The highest BCUT2D eigenvalue weighted by Crippen LogP contribution is 2.09. The molecule has 0 atom stereocenters. The zero-order valence-electron chi connectivity index (χ0n) is 7.75. The Morgan fingerprint density at radius 3 is 2.33 bits per heavy atom. The minimum absolute atomic E-state index is 0.222. The summed E-state index contributed by atoms with van der Waals surface area (Å²) >= 11 is 0. The lowest BCUT2D eigenvalue weighted by atomic mass is 10.1. The average Bonchev–Trinajstić information content (AvgIpc) is 2.05. The standard InChI is InChI=1S/C8H16N2O2/c1-9(2)12-8(11)10-6-4-3-5-7-10/h3-7H2,1-2H3. The molecule has 1 rings (SSSR count). The summed E-state index contributed by atoms with van der Waals surface area (Å²) in [6.45, 7) is 1.68. The predicted molar refractivity (Wildman–Crippen MR) is 45.6 cm³/mol. The summed E-state index contributed by atoms with van der Waals surface area (Å²) < 4.78 is 0. The van der Waals surface area contributed by atoms with E-state index in [0.29, 0.717) is 0 Å². The molecule has 1 heterocycles. The first-order valence-electron chi connectivity index (χ1n) is 4.34. The van der Waals surface area contributed by atoms with Crippen molar-refractivity contribution in [1.29, 1.82) is 0 Å². The van der Waals surface area contributed by atoms with Gasteiger partial charge in [-0.1, -0.05) is 0 Å². The van der Waals surface area contributed by atoms with Crippen molar-refractivity contribution in [3.05, 3.63) is 0 Å². The quantitative estimate of drug-likeness (QED) is 0.555. The van der Waals surface area contributed by atoms with Crippen molar-refractivity contribution < 1.29 is 9.63 Å². The van der Waals surface area contributed by atoms with E-state index in [1.807, 2.05) is 0 Å². The fraction of sp³-hybridized carbons (Fsp3) is 0.875. The molecule has 70 valence electrons. The third-order valence-electron chi connectivity index (χ3n) is 1.87. The molecule has 0 N–H and O–H groups in total. The van der Waals surface area contributed by atoms with E-state index >= 15 is 0 Å². The van der Waals surface area contributed by atoms with Gasteiger partial charge in [0.15, 0.2) is 0 Å². The van der Waals surface area contributed by atoms with Gasteiger partial charge in [-0.25, -0.2) is 4.79 Å². The van der Waals surface area contributed by atoms with Crippen LogP contribution in [0.25, 0.3) is 0 Å². The number of rotatable bonds is 1. The summed E-state index contributed by atoms with van der Waals surface area (Å²) in [7, 11) is 3.42. The molecule has 0 aliphatic carbocycles. The third-order valence-corrected chi connectivity index (χ3v) is 1.87. The van der Waals surface area contributed by atoms with Crippen LogP contribution in [-0.4, -0.2) is 43.2 Å². The first-order valence-corrected chi connectivity index (χ1v) is 4.34. The van der Waals surface area contributed by atoms with Crippen LogP contribution in [0, 0.1) is 0 Å². The smallest absolute Gasteiger partial charge is 0.351 e. The van der Waals surface area contributed by atoms with E-state index in [-0.39, 0.29) is 6.09 Å². The van der Waals surface area contributed by atoms with E-state index in [9.17, 15) is 4.79 Å². The van der Waals surface area contributed by atoms with Gasteiger partial charge in [0.05, 0.1) is 0 Å². The molecule has 0 bridgehead atoms. The van der Waals surface area contributed by atoms with Gasteiger partial charge in [-0.2, -0.15) is 0 Å². The van der Waals surface area contributed by atoms with E-state index in [4.69, 9.17) is 4.84 Å². The molecule has 4 heteroatoms. The highest BCUT2D eigenvalue weighted by atomic mass is 16.7. The fourth-order valence-electron chi connectivity index (χ4n) is 1.29. The third kappa shape index (κ3) is 2.70. The molecular formula is C8H16N2O2. The topological polar surface area (TPSA) is 32.8 Å².